The van der Waals surface area contributed by atoms with Crippen LogP contribution in [-0.4, -0.2) is 59.9 Å². The normalized spacial score (nSPS) is 22.7. The maximum absolute atomic E-state index is 13.2. The first-order chi connectivity index (χ1) is 14.9. The number of likely N-dealkylation sites (tertiary alicyclic amines) is 1. The Kier molecular flexibility index (Phi) is 5.96. The first-order valence-electron chi connectivity index (χ1n) is 11.1. The lowest BCUT2D eigenvalue weighted by atomic mass is 9.90. The maximum Gasteiger partial charge on any atom is 0.325 e. The van der Waals surface area contributed by atoms with Crippen molar-refractivity contribution in [2.24, 2.45) is 0 Å². The van der Waals surface area contributed by atoms with E-state index in [9.17, 15) is 14.4 Å². The molecule has 31 heavy (non-hydrogen) atoms. The second kappa shape index (κ2) is 8.67. The van der Waals surface area contributed by atoms with Crippen LogP contribution in [0.15, 0.2) is 42.5 Å². The lowest BCUT2D eigenvalue weighted by Crippen LogP contribution is -2.48. The van der Waals surface area contributed by atoms with E-state index in [1.54, 1.807) is 6.92 Å². The average Bonchev–Trinajstić information content (AvgIpc) is 2.99. The molecule has 2 N–H and O–H groups in total. The maximum atomic E-state index is 13.2. The molecule has 2 aromatic carbocycles. The van der Waals surface area contributed by atoms with E-state index in [-0.39, 0.29) is 18.5 Å². The van der Waals surface area contributed by atoms with Gasteiger partial charge in [-0.25, -0.2) is 4.79 Å². The van der Waals surface area contributed by atoms with Gasteiger partial charge in [-0.15, -0.1) is 0 Å². The molecule has 0 unspecified atom stereocenters. The summed E-state index contributed by atoms with van der Waals surface area (Å²) in [6.45, 7) is 6.60. The highest BCUT2D eigenvalue weighted by Crippen LogP contribution is 2.31. The van der Waals surface area contributed by atoms with Crippen LogP contribution in [0.2, 0.25) is 0 Å². The molecule has 7 nitrogen and oxygen atoms in total. The van der Waals surface area contributed by atoms with Gasteiger partial charge in [0.25, 0.3) is 5.91 Å². The second-order valence-electron chi connectivity index (χ2n) is 8.69. The van der Waals surface area contributed by atoms with E-state index in [1.165, 1.54) is 0 Å². The van der Waals surface area contributed by atoms with E-state index in [0.29, 0.717) is 5.56 Å². The SMILES string of the molecule is CCCN1CCC(NC(=O)CN2C(=O)N[C@@](C)(c3ccc4ccccc4c3)C2=O)CC1. The second-order valence-corrected chi connectivity index (χ2v) is 8.69. The fourth-order valence-corrected chi connectivity index (χ4v) is 4.57. The van der Waals surface area contributed by atoms with Gasteiger partial charge in [0.1, 0.15) is 12.1 Å². The van der Waals surface area contributed by atoms with Crippen molar-refractivity contribution in [3.63, 3.8) is 0 Å². The molecular formula is C24H30N4O3. The number of nitrogens with zero attached hydrogens (tertiary/aromatic N) is 2. The zero-order valence-electron chi connectivity index (χ0n) is 18.2. The molecule has 0 radical (unpaired) electrons. The number of rotatable bonds is 6. The van der Waals surface area contributed by atoms with Gasteiger partial charge in [-0.05, 0) is 55.1 Å². The van der Waals surface area contributed by atoms with Crippen molar-refractivity contribution in [2.75, 3.05) is 26.2 Å². The Morgan fingerprint density at radius 3 is 2.55 bits per heavy atom. The van der Waals surface area contributed by atoms with Gasteiger partial charge < -0.3 is 15.5 Å². The molecule has 0 aliphatic carbocycles. The van der Waals surface area contributed by atoms with Gasteiger partial charge in [0.05, 0.1) is 0 Å². The number of carbonyl (C=O) groups is 3. The van der Waals surface area contributed by atoms with Crippen molar-refractivity contribution in [1.82, 2.24) is 20.4 Å². The number of nitrogens with one attached hydrogen (secondary N) is 2. The quantitative estimate of drug-likeness (QED) is 0.701. The largest absolute Gasteiger partial charge is 0.352 e. The zero-order chi connectivity index (χ0) is 22.0. The summed E-state index contributed by atoms with van der Waals surface area (Å²) in [5.74, 6) is -0.694. The molecular weight excluding hydrogens is 392 g/mol. The summed E-state index contributed by atoms with van der Waals surface area (Å²) in [7, 11) is 0. The van der Waals surface area contributed by atoms with Gasteiger partial charge in [0, 0.05) is 19.1 Å². The number of piperidine rings is 1. The Bertz CT molecular complexity index is 999. The van der Waals surface area contributed by atoms with Gasteiger partial charge in [-0.3, -0.25) is 14.5 Å². The molecule has 164 valence electrons. The lowest BCUT2D eigenvalue weighted by molar-refractivity contribution is -0.135. The Labute approximate surface area is 182 Å². The van der Waals surface area contributed by atoms with E-state index in [1.807, 2.05) is 42.5 Å². The van der Waals surface area contributed by atoms with Crippen molar-refractivity contribution in [3.05, 3.63) is 48.0 Å². The Morgan fingerprint density at radius 1 is 1.13 bits per heavy atom. The van der Waals surface area contributed by atoms with E-state index in [4.69, 9.17) is 0 Å². The molecule has 2 heterocycles. The number of carbonyl (C=O) groups excluding carboxylic acids is 3. The highest BCUT2D eigenvalue weighted by Gasteiger charge is 2.49. The molecule has 2 aliphatic rings. The number of fused-ring (bicyclic) bond motifs is 1. The molecule has 2 fully saturated rings. The number of hydrogen-bond donors (Lipinski definition) is 2. The third kappa shape index (κ3) is 4.28. The minimum Gasteiger partial charge on any atom is -0.352 e. The van der Waals surface area contributed by atoms with E-state index < -0.39 is 17.5 Å². The number of amides is 4. The summed E-state index contributed by atoms with van der Waals surface area (Å²) < 4.78 is 0. The Hall–Kier alpha value is -2.93. The number of benzene rings is 2. The number of imide groups is 1. The van der Waals surface area contributed by atoms with Crippen LogP contribution in [0.3, 0.4) is 0 Å². The average molecular weight is 423 g/mol. The zero-order valence-corrected chi connectivity index (χ0v) is 18.2. The molecule has 2 aliphatic heterocycles. The van der Waals surface area contributed by atoms with Gasteiger partial charge in [-0.1, -0.05) is 43.3 Å². The number of urea groups is 1. The van der Waals surface area contributed by atoms with Crippen molar-refractivity contribution in [2.45, 2.75) is 44.7 Å². The Morgan fingerprint density at radius 2 is 1.84 bits per heavy atom. The molecule has 0 spiro atoms. The van der Waals surface area contributed by atoms with Gasteiger partial charge in [0.15, 0.2) is 0 Å². The van der Waals surface area contributed by atoms with E-state index in [2.05, 4.69) is 22.5 Å². The Balaban J connectivity index is 1.41. The van der Waals surface area contributed by atoms with Crippen LogP contribution in [0.4, 0.5) is 4.79 Å². The standard InChI is InChI=1S/C24H30N4O3/c1-3-12-27-13-10-20(11-14-27)25-21(29)16-28-22(30)24(2,26-23(28)31)19-9-8-17-6-4-5-7-18(17)15-19/h4-9,15,20H,3,10-14,16H2,1-2H3,(H,25,29)(H,26,31)/t24-/m0/s1. The first kappa shape index (κ1) is 21.3. The minimum absolute atomic E-state index is 0.0910. The predicted octanol–water partition coefficient (Wildman–Crippen LogP) is 2.60. The van der Waals surface area contributed by atoms with Crippen molar-refractivity contribution in [3.8, 4) is 0 Å². The third-order valence-electron chi connectivity index (χ3n) is 6.40. The molecule has 0 saturated carbocycles. The topological polar surface area (TPSA) is 81.8 Å². The monoisotopic (exact) mass is 422 g/mol. The predicted molar refractivity (Wildman–Crippen MR) is 119 cm³/mol. The van der Waals surface area contributed by atoms with Crippen molar-refractivity contribution in [1.29, 1.82) is 0 Å². The van der Waals surface area contributed by atoms with Crippen molar-refractivity contribution < 1.29 is 14.4 Å². The summed E-state index contributed by atoms with van der Waals surface area (Å²) in [6.07, 6.45) is 2.90. The lowest BCUT2D eigenvalue weighted by Gasteiger charge is -2.32. The summed E-state index contributed by atoms with van der Waals surface area (Å²) >= 11 is 0. The molecule has 4 rings (SSSR count). The fraction of sp³-hybridized carbons (Fsp3) is 0.458. The van der Waals surface area contributed by atoms with Gasteiger partial charge in [-0.2, -0.15) is 0 Å². The molecule has 0 aromatic heterocycles. The first-order valence-corrected chi connectivity index (χ1v) is 11.1. The van der Waals surface area contributed by atoms with Gasteiger partial charge >= 0.3 is 6.03 Å². The molecule has 7 heteroatoms. The van der Waals surface area contributed by atoms with Crippen LogP contribution in [0.1, 0.15) is 38.7 Å². The van der Waals surface area contributed by atoms with Crippen LogP contribution in [0.5, 0.6) is 0 Å². The van der Waals surface area contributed by atoms with E-state index >= 15 is 0 Å². The molecule has 2 saturated heterocycles. The molecule has 0 bridgehead atoms. The van der Waals surface area contributed by atoms with Crippen LogP contribution in [-0.2, 0) is 15.1 Å². The van der Waals surface area contributed by atoms with Crippen LogP contribution < -0.4 is 10.6 Å². The molecule has 4 amide bonds. The summed E-state index contributed by atoms with van der Waals surface area (Å²) in [5.41, 5.74) is -0.483. The van der Waals surface area contributed by atoms with E-state index in [0.717, 1.165) is 54.6 Å². The summed E-state index contributed by atoms with van der Waals surface area (Å²) in [6, 6.07) is 13.1. The highest BCUT2D eigenvalue weighted by atomic mass is 16.2. The van der Waals surface area contributed by atoms with Crippen LogP contribution >= 0.6 is 0 Å². The van der Waals surface area contributed by atoms with Crippen LogP contribution in [0, 0.1) is 0 Å². The molecule has 2 aromatic rings. The third-order valence-corrected chi connectivity index (χ3v) is 6.40. The fourth-order valence-electron chi connectivity index (χ4n) is 4.57. The summed E-state index contributed by atoms with van der Waals surface area (Å²) in [4.78, 5) is 41.8. The van der Waals surface area contributed by atoms with Crippen LogP contribution in [0.25, 0.3) is 10.8 Å². The molecule has 1 atom stereocenters. The summed E-state index contributed by atoms with van der Waals surface area (Å²) in [5, 5.41) is 7.85. The minimum atomic E-state index is -1.19. The van der Waals surface area contributed by atoms with Gasteiger partial charge in [0.2, 0.25) is 5.91 Å². The smallest absolute Gasteiger partial charge is 0.325 e. The highest BCUT2D eigenvalue weighted by molar-refractivity contribution is 6.09. The number of hydrogen-bond acceptors (Lipinski definition) is 4. The van der Waals surface area contributed by atoms with Crippen molar-refractivity contribution >= 4 is 28.6 Å².